The van der Waals surface area contributed by atoms with Crippen LogP contribution in [0, 0.1) is 5.92 Å². The van der Waals surface area contributed by atoms with E-state index in [9.17, 15) is 0 Å². The van der Waals surface area contributed by atoms with Crippen molar-refractivity contribution in [2.75, 3.05) is 33.2 Å². The first-order valence-electron chi connectivity index (χ1n) is 7.35. The van der Waals surface area contributed by atoms with Gasteiger partial charge >= 0.3 is 0 Å². The van der Waals surface area contributed by atoms with Gasteiger partial charge in [0.15, 0.2) is 0 Å². The van der Waals surface area contributed by atoms with Gasteiger partial charge in [-0.15, -0.1) is 0 Å². The number of hydrogen-bond acceptors (Lipinski definition) is 3. The van der Waals surface area contributed by atoms with E-state index in [4.69, 9.17) is 5.73 Å². The van der Waals surface area contributed by atoms with Gasteiger partial charge in [-0.3, -0.25) is 4.90 Å². The normalized spacial score (nSPS) is 32.6. The molecule has 2 saturated heterocycles. The summed E-state index contributed by atoms with van der Waals surface area (Å²) in [6, 6.07) is 1.70. The maximum Gasteiger partial charge on any atom is 0.0223 e. The van der Waals surface area contributed by atoms with Crippen molar-refractivity contribution in [3.8, 4) is 0 Å². The Morgan fingerprint density at radius 1 is 1.24 bits per heavy atom. The van der Waals surface area contributed by atoms with Gasteiger partial charge in [0, 0.05) is 18.6 Å². The van der Waals surface area contributed by atoms with Gasteiger partial charge in [0.05, 0.1) is 0 Å². The molecule has 3 nitrogen and oxygen atoms in total. The van der Waals surface area contributed by atoms with E-state index in [1.165, 1.54) is 51.7 Å². The smallest absolute Gasteiger partial charge is 0.0223 e. The van der Waals surface area contributed by atoms with E-state index in [0.717, 1.165) is 18.6 Å². The summed E-state index contributed by atoms with van der Waals surface area (Å²) in [7, 11) is 2.32. The molecule has 2 aliphatic heterocycles. The molecule has 100 valence electrons. The van der Waals surface area contributed by atoms with Gasteiger partial charge < -0.3 is 10.6 Å². The van der Waals surface area contributed by atoms with Gasteiger partial charge in [-0.25, -0.2) is 0 Å². The van der Waals surface area contributed by atoms with Crippen LogP contribution in [0.5, 0.6) is 0 Å². The lowest BCUT2D eigenvalue weighted by molar-refractivity contribution is 0.215. The lowest BCUT2D eigenvalue weighted by Gasteiger charge is -2.25. The Labute approximate surface area is 106 Å². The Balaban J connectivity index is 1.72. The molecule has 0 radical (unpaired) electrons. The molecular weight excluding hydrogens is 210 g/mol. The van der Waals surface area contributed by atoms with Crippen LogP contribution in [-0.4, -0.2) is 55.1 Å². The van der Waals surface area contributed by atoms with Crippen molar-refractivity contribution >= 4 is 0 Å². The topological polar surface area (TPSA) is 32.5 Å². The van der Waals surface area contributed by atoms with Crippen LogP contribution >= 0.6 is 0 Å². The average molecular weight is 239 g/mol. The van der Waals surface area contributed by atoms with E-state index in [1.54, 1.807) is 0 Å². The summed E-state index contributed by atoms with van der Waals surface area (Å²) in [6.07, 6.45) is 6.83. The summed E-state index contributed by atoms with van der Waals surface area (Å²) in [5, 5.41) is 0. The molecule has 3 atom stereocenters. The van der Waals surface area contributed by atoms with Gasteiger partial charge in [0.2, 0.25) is 0 Å². The fourth-order valence-electron chi connectivity index (χ4n) is 3.36. The molecule has 2 fully saturated rings. The molecule has 2 bridgehead atoms. The van der Waals surface area contributed by atoms with Gasteiger partial charge in [-0.2, -0.15) is 0 Å². The van der Waals surface area contributed by atoms with Crippen LogP contribution in [-0.2, 0) is 0 Å². The van der Waals surface area contributed by atoms with E-state index in [1.807, 2.05) is 0 Å². The molecule has 17 heavy (non-hydrogen) atoms. The molecule has 2 aliphatic rings. The summed E-state index contributed by atoms with van der Waals surface area (Å²) in [4.78, 5) is 5.31. The molecule has 0 aromatic carbocycles. The van der Waals surface area contributed by atoms with Crippen molar-refractivity contribution in [3.05, 3.63) is 0 Å². The molecule has 0 spiro atoms. The first-order chi connectivity index (χ1) is 8.20. The van der Waals surface area contributed by atoms with Gasteiger partial charge in [0.1, 0.15) is 0 Å². The highest BCUT2D eigenvalue weighted by molar-refractivity contribution is 4.90. The zero-order chi connectivity index (χ0) is 12.3. The first kappa shape index (κ1) is 13.3. The Kier molecular flexibility index (Phi) is 4.83. The Hall–Kier alpha value is -0.120. The molecule has 0 saturated carbocycles. The highest BCUT2D eigenvalue weighted by Crippen LogP contribution is 2.28. The van der Waals surface area contributed by atoms with Gasteiger partial charge in [0.25, 0.3) is 0 Å². The van der Waals surface area contributed by atoms with Crippen LogP contribution in [0.3, 0.4) is 0 Å². The third-order valence-corrected chi connectivity index (χ3v) is 4.81. The van der Waals surface area contributed by atoms with Crippen LogP contribution in [0.1, 0.15) is 39.0 Å². The number of likely N-dealkylation sites (tertiary alicyclic amines) is 1. The number of rotatable bonds is 5. The number of fused-ring (bicyclic) bond motifs is 2. The Morgan fingerprint density at radius 2 is 2.00 bits per heavy atom. The molecular formula is C14H29N3. The zero-order valence-electron chi connectivity index (χ0n) is 11.6. The minimum absolute atomic E-state index is 0.695. The van der Waals surface area contributed by atoms with Gasteiger partial charge in [-0.05, 0) is 64.7 Å². The summed E-state index contributed by atoms with van der Waals surface area (Å²) in [6.45, 7) is 6.99. The summed E-state index contributed by atoms with van der Waals surface area (Å²) < 4.78 is 0. The predicted octanol–water partition coefficient (Wildman–Crippen LogP) is 1.53. The molecule has 0 aromatic rings. The highest BCUT2D eigenvalue weighted by Gasteiger charge is 2.34. The Morgan fingerprint density at radius 3 is 2.76 bits per heavy atom. The third-order valence-electron chi connectivity index (χ3n) is 4.81. The van der Waals surface area contributed by atoms with Crippen molar-refractivity contribution in [3.63, 3.8) is 0 Å². The molecule has 2 N–H and O–H groups in total. The molecule has 3 heteroatoms. The second-order valence-electron chi connectivity index (χ2n) is 6.12. The summed E-state index contributed by atoms with van der Waals surface area (Å²) in [5.41, 5.74) is 5.66. The fraction of sp³-hybridized carbons (Fsp3) is 1.00. The largest absolute Gasteiger partial charge is 0.330 e. The average Bonchev–Trinajstić information content (AvgIpc) is 2.56. The van der Waals surface area contributed by atoms with E-state index >= 15 is 0 Å². The van der Waals surface area contributed by atoms with E-state index in [-0.39, 0.29) is 0 Å². The Bertz CT molecular complexity index is 232. The number of likely N-dealkylation sites (N-methyl/N-ethyl adjacent to an activating group) is 1. The zero-order valence-corrected chi connectivity index (χ0v) is 11.6. The predicted molar refractivity (Wildman–Crippen MR) is 73.1 cm³/mol. The molecule has 0 aliphatic carbocycles. The van der Waals surface area contributed by atoms with Crippen LogP contribution < -0.4 is 5.73 Å². The summed E-state index contributed by atoms with van der Waals surface area (Å²) in [5.74, 6) is 0.695. The molecule has 0 aromatic heterocycles. The number of nitrogens with zero attached hydrogens (tertiary/aromatic N) is 2. The second-order valence-corrected chi connectivity index (χ2v) is 6.12. The van der Waals surface area contributed by atoms with Crippen LogP contribution in [0.25, 0.3) is 0 Å². The summed E-state index contributed by atoms with van der Waals surface area (Å²) >= 11 is 0. The first-order valence-corrected chi connectivity index (χ1v) is 7.35. The lowest BCUT2D eigenvalue weighted by Crippen LogP contribution is -2.37. The lowest BCUT2D eigenvalue weighted by atomic mass is 10.0. The molecule has 2 heterocycles. The third kappa shape index (κ3) is 3.43. The number of nitrogens with two attached hydrogens (primary N) is 1. The van der Waals surface area contributed by atoms with E-state index < -0.39 is 0 Å². The standard InChI is InChI=1S/C14H29N3/c1-12(10-15)4-3-8-17-9-7-13-5-6-14(11-17)16(13)2/h12-14H,3-11,15H2,1-2H3. The minimum Gasteiger partial charge on any atom is -0.330 e. The van der Waals surface area contributed by atoms with Crippen molar-refractivity contribution in [2.24, 2.45) is 11.7 Å². The van der Waals surface area contributed by atoms with Crippen molar-refractivity contribution in [1.29, 1.82) is 0 Å². The van der Waals surface area contributed by atoms with Crippen LogP contribution in [0.2, 0.25) is 0 Å². The van der Waals surface area contributed by atoms with Crippen molar-refractivity contribution in [1.82, 2.24) is 9.80 Å². The molecule has 2 rings (SSSR count). The van der Waals surface area contributed by atoms with E-state index in [2.05, 4.69) is 23.8 Å². The highest BCUT2D eigenvalue weighted by atomic mass is 15.3. The van der Waals surface area contributed by atoms with Crippen LogP contribution in [0.4, 0.5) is 0 Å². The molecule has 0 amide bonds. The molecule has 3 unspecified atom stereocenters. The number of hydrogen-bond donors (Lipinski definition) is 1. The maximum absolute atomic E-state index is 5.66. The maximum atomic E-state index is 5.66. The fourth-order valence-corrected chi connectivity index (χ4v) is 3.36. The SMILES string of the molecule is CC(CN)CCCN1CCC2CCC(C1)N2C. The second kappa shape index (κ2) is 6.17. The van der Waals surface area contributed by atoms with E-state index in [0.29, 0.717) is 5.92 Å². The van der Waals surface area contributed by atoms with Crippen LogP contribution in [0.15, 0.2) is 0 Å². The van der Waals surface area contributed by atoms with Crippen molar-refractivity contribution < 1.29 is 0 Å². The van der Waals surface area contributed by atoms with Crippen molar-refractivity contribution in [2.45, 2.75) is 51.1 Å². The minimum atomic E-state index is 0.695. The monoisotopic (exact) mass is 239 g/mol. The van der Waals surface area contributed by atoms with Gasteiger partial charge in [-0.1, -0.05) is 6.92 Å². The quantitative estimate of drug-likeness (QED) is 0.790.